The van der Waals surface area contributed by atoms with Gasteiger partial charge in [0.05, 0.1) is 5.56 Å². The number of nitrogens with two attached hydrogens (primary N) is 2. The molecule has 0 bridgehead atoms. The molecule has 0 aliphatic carbocycles. The molecule has 0 radical (unpaired) electrons. The number of amides is 2. The van der Waals surface area contributed by atoms with Crippen molar-refractivity contribution in [3.63, 3.8) is 0 Å². The molecular formula is C27H32Cl2N10O2. The number of halogens is 2. The van der Waals surface area contributed by atoms with Gasteiger partial charge in [0.2, 0.25) is 0 Å². The van der Waals surface area contributed by atoms with Gasteiger partial charge >= 0.3 is 0 Å². The van der Waals surface area contributed by atoms with Gasteiger partial charge < -0.3 is 26.6 Å². The Bertz CT molecular complexity index is 1420. The number of rotatable bonds is 6. The number of likely N-dealkylation sites (tertiary alicyclic amines) is 1. The van der Waals surface area contributed by atoms with Crippen LogP contribution in [0.5, 0.6) is 0 Å². The van der Waals surface area contributed by atoms with Crippen LogP contribution in [-0.4, -0.2) is 86.4 Å². The number of piperidine rings is 1. The van der Waals surface area contributed by atoms with Crippen LogP contribution in [0.4, 0.5) is 23.1 Å². The van der Waals surface area contributed by atoms with Crippen molar-refractivity contribution in [1.82, 2.24) is 29.7 Å². The average molecular weight is 600 g/mol. The van der Waals surface area contributed by atoms with E-state index in [1.165, 1.54) is 0 Å². The fourth-order valence-electron chi connectivity index (χ4n) is 5.52. The molecule has 14 heteroatoms. The number of hydrogen-bond acceptors (Lipinski definition) is 10. The summed E-state index contributed by atoms with van der Waals surface area (Å²) in [6.07, 6.45) is 5.79. The number of nitrogen functional groups attached to an aromatic ring is 2. The molecule has 2 aliphatic heterocycles. The number of nitrogens with zero attached hydrogens (tertiary/aromatic N) is 7. The first-order valence-electron chi connectivity index (χ1n) is 13.5. The lowest BCUT2D eigenvalue weighted by atomic mass is 9.97. The third-order valence-electron chi connectivity index (χ3n) is 7.66. The molecule has 5 heterocycles. The van der Waals surface area contributed by atoms with Gasteiger partial charge in [0.25, 0.3) is 11.8 Å². The Morgan fingerprint density at radius 2 is 1.71 bits per heavy atom. The van der Waals surface area contributed by atoms with Gasteiger partial charge in [-0.2, -0.15) is 0 Å². The maximum Gasteiger partial charge on any atom is 0.278 e. The van der Waals surface area contributed by atoms with Crippen LogP contribution in [0.2, 0.25) is 10.3 Å². The normalized spacial score (nSPS) is 18.4. The highest BCUT2D eigenvalue weighted by atomic mass is 35.5. The number of pyridine rings is 2. The van der Waals surface area contributed by atoms with Crippen LogP contribution in [0.25, 0.3) is 0 Å². The predicted octanol–water partition coefficient (Wildman–Crippen LogP) is 3.20. The van der Waals surface area contributed by atoms with E-state index in [-0.39, 0.29) is 39.6 Å². The summed E-state index contributed by atoms with van der Waals surface area (Å²) in [7, 11) is 0. The molecule has 2 saturated heterocycles. The lowest BCUT2D eigenvalue weighted by molar-refractivity contribution is 0.0491. The van der Waals surface area contributed by atoms with Gasteiger partial charge in [0, 0.05) is 62.9 Å². The molecule has 41 heavy (non-hydrogen) atoms. The highest BCUT2D eigenvalue weighted by molar-refractivity contribution is 6.32. The lowest BCUT2D eigenvalue weighted by Crippen LogP contribution is -2.58. The summed E-state index contributed by atoms with van der Waals surface area (Å²) in [5.41, 5.74) is 13.0. The Balaban J connectivity index is 1.21. The average Bonchev–Trinajstić information content (AvgIpc) is 2.98. The van der Waals surface area contributed by atoms with E-state index in [9.17, 15) is 9.59 Å². The summed E-state index contributed by atoms with van der Waals surface area (Å²) < 4.78 is 0. The summed E-state index contributed by atoms with van der Waals surface area (Å²) in [5.74, 6) is 0.0188. The van der Waals surface area contributed by atoms with E-state index in [1.54, 1.807) is 36.7 Å². The van der Waals surface area contributed by atoms with Crippen molar-refractivity contribution in [2.24, 2.45) is 0 Å². The van der Waals surface area contributed by atoms with Crippen molar-refractivity contribution in [1.29, 1.82) is 0 Å². The number of hydrogen-bond donors (Lipinski definition) is 3. The summed E-state index contributed by atoms with van der Waals surface area (Å²) in [4.78, 5) is 48.9. The molecule has 12 nitrogen and oxygen atoms in total. The molecule has 2 aliphatic rings. The van der Waals surface area contributed by atoms with Crippen LogP contribution >= 0.6 is 23.2 Å². The van der Waals surface area contributed by atoms with Crippen LogP contribution in [0.1, 0.15) is 47.0 Å². The monoisotopic (exact) mass is 598 g/mol. The Labute approximate surface area is 248 Å². The smallest absolute Gasteiger partial charge is 0.278 e. The van der Waals surface area contributed by atoms with E-state index >= 15 is 0 Å². The highest BCUT2D eigenvalue weighted by Crippen LogP contribution is 2.30. The van der Waals surface area contributed by atoms with Crippen molar-refractivity contribution in [3.05, 3.63) is 58.2 Å². The van der Waals surface area contributed by atoms with Crippen molar-refractivity contribution >= 4 is 58.2 Å². The second kappa shape index (κ2) is 12.4. The fraction of sp³-hybridized carbons (Fsp3) is 0.407. The molecule has 0 spiro atoms. The molecule has 2 fully saturated rings. The van der Waals surface area contributed by atoms with E-state index in [4.69, 9.17) is 34.7 Å². The summed E-state index contributed by atoms with van der Waals surface area (Å²) in [6, 6.07) is 7.14. The van der Waals surface area contributed by atoms with Gasteiger partial charge in [-0.1, -0.05) is 30.1 Å². The van der Waals surface area contributed by atoms with Crippen LogP contribution < -0.4 is 21.7 Å². The predicted molar refractivity (Wildman–Crippen MR) is 159 cm³/mol. The molecular weight excluding hydrogens is 567 g/mol. The number of nitrogens with one attached hydrogen (secondary N) is 1. The van der Waals surface area contributed by atoms with Gasteiger partial charge in [0.1, 0.15) is 11.0 Å². The van der Waals surface area contributed by atoms with Crippen molar-refractivity contribution in [3.8, 4) is 0 Å². The van der Waals surface area contributed by atoms with Crippen molar-refractivity contribution in [2.75, 3.05) is 54.4 Å². The zero-order chi connectivity index (χ0) is 29.1. The summed E-state index contributed by atoms with van der Waals surface area (Å²) >= 11 is 12.4. The number of piperazine rings is 1. The first kappa shape index (κ1) is 28.8. The SMILES string of the molecule is CC[C@H]1CN(c2nc(N)c(C(=O)Nc3ccncc3)nc2Cl)CCN1C1CCN(C(=O)c2ccc(Cl)nc2N)CC1. The van der Waals surface area contributed by atoms with Crippen LogP contribution in [-0.2, 0) is 0 Å². The van der Waals surface area contributed by atoms with Gasteiger partial charge in [0.15, 0.2) is 22.5 Å². The lowest BCUT2D eigenvalue weighted by Gasteiger charge is -2.47. The molecule has 2 amide bonds. The quantitative estimate of drug-likeness (QED) is 0.359. The van der Waals surface area contributed by atoms with E-state index < -0.39 is 5.91 Å². The number of aromatic nitrogens is 4. The standard InChI is InChI=1S/C27H32Cl2N10O2/c1-2-17-15-38(25-22(29)35-21(24(31)36-25)26(40)33-16-5-9-32-10-6-16)13-14-39(17)18-7-11-37(12-8-18)27(41)19-3-4-20(28)34-23(19)30/h3-6,9-10,17-18H,2,7-8,11-15H2,1H3,(H2,30,34)(H2,31,36)(H,32,33,40)/t17-/m0/s1. The topological polar surface area (TPSA) is 159 Å². The molecule has 5 N–H and O–H groups in total. The maximum absolute atomic E-state index is 13.0. The van der Waals surface area contributed by atoms with Crippen LogP contribution in [0.3, 0.4) is 0 Å². The zero-order valence-electron chi connectivity index (χ0n) is 22.6. The second-order valence-electron chi connectivity index (χ2n) is 10.1. The van der Waals surface area contributed by atoms with Crippen molar-refractivity contribution in [2.45, 2.75) is 38.3 Å². The van der Waals surface area contributed by atoms with Gasteiger partial charge in [-0.15, -0.1) is 0 Å². The van der Waals surface area contributed by atoms with Gasteiger partial charge in [-0.25, -0.2) is 15.0 Å². The van der Waals surface area contributed by atoms with Gasteiger partial charge in [-0.3, -0.25) is 19.5 Å². The second-order valence-corrected chi connectivity index (χ2v) is 10.8. The first-order valence-corrected chi connectivity index (χ1v) is 14.3. The Kier molecular flexibility index (Phi) is 8.71. The molecule has 3 aromatic rings. The summed E-state index contributed by atoms with van der Waals surface area (Å²) in [5, 5.41) is 3.12. The van der Waals surface area contributed by atoms with Crippen LogP contribution in [0, 0.1) is 0 Å². The number of anilines is 4. The van der Waals surface area contributed by atoms with E-state index in [1.807, 2.05) is 4.90 Å². The van der Waals surface area contributed by atoms with Crippen molar-refractivity contribution < 1.29 is 9.59 Å². The molecule has 0 saturated carbocycles. The minimum absolute atomic E-state index is 0.0139. The Morgan fingerprint density at radius 3 is 2.39 bits per heavy atom. The first-order chi connectivity index (χ1) is 19.7. The van der Waals surface area contributed by atoms with E-state index in [2.05, 4.69) is 42.0 Å². The molecule has 0 unspecified atom stereocenters. The minimum atomic E-state index is -0.495. The molecule has 5 rings (SSSR count). The minimum Gasteiger partial charge on any atom is -0.383 e. The number of carbonyl (C=O) groups is 2. The molecule has 216 valence electrons. The molecule has 1 atom stereocenters. The fourth-order valence-corrected chi connectivity index (χ4v) is 5.92. The Morgan fingerprint density at radius 1 is 0.976 bits per heavy atom. The molecule has 3 aromatic heterocycles. The third kappa shape index (κ3) is 6.29. The number of carbonyl (C=O) groups excluding carboxylic acids is 2. The van der Waals surface area contributed by atoms with Crippen LogP contribution in [0.15, 0.2) is 36.7 Å². The largest absolute Gasteiger partial charge is 0.383 e. The maximum atomic E-state index is 13.0. The Hall–Kier alpha value is -3.74. The van der Waals surface area contributed by atoms with E-state index in [0.29, 0.717) is 49.3 Å². The summed E-state index contributed by atoms with van der Waals surface area (Å²) in [6.45, 7) is 5.61. The molecule has 0 aromatic carbocycles. The van der Waals surface area contributed by atoms with E-state index in [0.717, 1.165) is 25.8 Å². The zero-order valence-corrected chi connectivity index (χ0v) is 24.1. The third-order valence-corrected chi connectivity index (χ3v) is 8.12. The highest BCUT2D eigenvalue weighted by Gasteiger charge is 2.35. The van der Waals surface area contributed by atoms with Gasteiger partial charge in [-0.05, 0) is 43.5 Å².